The zero-order chi connectivity index (χ0) is 18.9. The lowest BCUT2D eigenvalue weighted by molar-refractivity contribution is 0.0752. The number of halogens is 2. The normalized spacial score (nSPS) is 19.7. The summed E-state index contributed by atoms with van der Waals surface area (Å²) in [5.74, 6) is 1.14. The molecule has 3 aliphatic rings. The van der Waals surface area contributed by atoms with Crippen LogP contribution in [0, 0.1) is 0 Å². The van der Waals surface area contributed by atoms with Crippen LogP contribution in [0.25, 0.3) is 0 Å². The van der Waals surface area contributed by atoms with Crippen molar-refractivity contribution >= 4 is 30.7 Å². The molecule has 5 rings (SSSR count). The summed E-state index contributed by atoms with van der Waals surface area (Å²) in [6.45, 7) is 6.45. The average molecular weight is 452 g/mol. The highest BCUT2D eigenvalue weighted by atomic mass is 35.5. The number of carbonyl (C=O) groups is 1. The fraction of sp³-hybridized carbons (Fsp3) is 0.545. The van der Waals surface area contributed by atoms with E-state index >= 15 is 0 Å². The highest BCUT2D eigenvalue weighted by Gasteiger charge is 2.29. The second kappa shape index (κ2) is 10.1. The first-order chi connectivity index (χ1) is 13.8. The predicted molar refractivity (Wildman–Crippen MR) is 123 cm³/mol. The number of imidazole rings is 1. The topological polar surface area (TPSA) is 53.4 Å². The van der Waals surface area contributed by atoms with Crippen molar-refractivity contribution in [1.82, 2.24) is 24.7 Å². The number of hydrogen-bond donors (Lipinski definition) is 1. The first-order valence-electron chi connectivity index (χ1n) is 10.6. The Morgan fingerprint density at radius 3 is 2.50 bits per heavy atom. The van der Waals surface area contributed by atoms with Crippen LogP contribution in [0.5, 0.6) is 0 Å². The van der Waals surface area contributed by atoms with Gasteiger partial charge in [-0.1, -0.05) is 24.3 Å². The second-order valence-corrected chi connectivity index (χ2v) is 8.25. The van der Waals surface area contributed by atoms with Crippen LogP contribution in [0.3, 0.4) is 0 Å². The minimum Gasteiger partial charge on any atom is -0.336 e. The van der Waals surface area contributed by atoms with Gasteiger partial charge in [-0.2, -0.15) is 0 Å². The van der Waals surface area contributed by atoms with Gasteiger partial charge in [-0.15, -0.1) is 24.8 Å². The number of aromatic nitrogens is 2. The third-order valence-corrected chi connectivity index (χ3v) is 6.50. The lowest BCUT2D eigenvalue weighted by atomic mass is 10.1. The number of hydrogen-bond acceptors (Lipinski definition) is 4. The molecule has 2 aromatic rings. The minimum absolute atomic E-state index is 0. The Labute approximate surface area is 190 Å². The molecule has 1 N–H and O–H groups in total. The van der Waals surface area contributed by atoms with Crippen LogP contribution in [0.1, 0.15) is 33.9 Å². The summed E-state index contributed by atoms with van der Waals surface area (Å²) in [5.41, 5.74) is 3.62. The monoisotopic (exact) mass is 451 g/mol. The molecule has 0 radical (unpaired) electrons. The molecule has 2 aliphatic heterocycles. The zero-order valence-electron chi connectivity index (χ0n) is 17.3. The molecule has 1 aliphatic carbocycles. The summed E-state index contributed by atoms with van der Waals surface area (Å²) < 4.78 is 2.15. The number of fused-ring (bicyclic) bond motifs is 2. The lowest BCUT2D eigenvalue weighted by Gasteiger charge is -2.27. The molecule has 0 saturated carbocycles. The van der Waals surface area contributed by atoms with Gasteiger partial charge in [0.25, 0.3) is 5.91 Å². The van der Waals surface area contributed by atoms with Crippen LogP contribution in [-0.2, 0) is 25.8 Å². The minimum atomic E-state index is 0. The number of rotatable bonds is 2. The molecule has 1 saturated heterocycles. The van der Waals surface area contributed by atoms with Crippen LogP contribution in [-0.4, -0.2) is 70.6 Å². The Morgan fingerprint density at radius 2 is 1.73 bits per heavy atom. The number of amides is 1. The molecule has 3 heterocycles. The van der Waals surface area contributed by atoms with Crippen molar-refractivity contribution < 1.29 is 4.79 Å². The number of nitrogens with zero attached hydrogens (tertiary/aromatic N) is 4. The predicted octanol–water partition coefficient (Wildman–Crippen LogP) is 2.19. The summed E-state index contributed by atoms with van der Waals surface area (Å²) in [6, 6.07) is 9.41. The standard InChI is InChI=1S/C22H29N5O.2ClH/c28-22(20-16-27-11-8-23-7-6-21(27)24-20)26-10-3-9-25(12-13-26)19-14-17-4-1-2-5-18(17)15-19;;/h1-2,4-5,16,19,23H,3,6-15H2;2*1H. The third-order valence-electron chi connectivity index (χ3n) is 6.50. The third kappa shape index (κ3) is 4.67. The smallest absolute Gasteiger partial charge is 0.274 e. The molecule has 0 bridgehead atoms. The largest absolute Gasteiger partial charge is 0.336 e. The van der Waals surface area contributed by atoms with Gasteiger partial charge < -0.3 is 14.8 Å². The van der Waals surface area contributed by atoms with E-state index in [2.05, 4.69) is 44.0 Å². The molecule has 30 heavy (non-hydrogen) atoms. The molecular weight excluding hydrogens is 421 g/mol. The maximum atomic E-state index is 13.1. The fourth-order valence-electron chi connectivity index (χ4n) is 4.94. The molecule has 0 unspecified atom stereocenters. The van der Waals surface area contributed by atoms with E-state index in [1.165, 1.54) is 11.1 Å². The molecule has 164 valence electrons. The first kappa shape index (κ1) is 23.1. The van der Waals surface area contributed by atoms with E-state index in [-0.39, 0.29) is 30.7 Å². The van der Waals surface area contributed by atoms with Gasteiger partial charge in [0, 0.05) is 64.5 Å². The van der Waals surface area contributed by atoms with Crippen molar-refractivity contribution in [3.8, 4) is 0 Å². The molecule has 0 spiro atoms. The van der Waals surface area contributed by atoms with E-state index in [0.717, 1.165) is 77.3 Å². The first-order valence-corrected chi connectivity index (χ1v) is 10.6. The summed E-state index contributed by atoms with van der Waals surface area (Å²) in [6.07, 6.45) is 6.18. The van der Waals surface area contributed by atoms with Gasteiger partial charge in [0.2, 0.25) is 0 Å². The van der Waals surface area contributed by atoms with Crippen LogP contribution in [0.2, 0.25) is 0 Å². The summed E-state index contributed by atoms with van der Waals surface area (Å²) in [7, 11) is 0. The highest BCUT2D eigenvalue weighted by molar-refractivity contribution is 5.92. The molecule has 0 atom stereocenters. The SMILES string of the molecule is Cl.Cl.O=C(c1cn2c(n1)CCNCC2)N1CCCN(C2Cc3ccccc3C2)CC1. The molecule has 6 nitrogen and oxygen atoms in total. The maximum absolute atomic E-state index is 13.1. The fourth-order valence-corrected chi connectivity index (χ4v) is 4.94. The Balaban J connectivity index is 0.00000128. The van der Waals surface area contributed by atoms with Crippen LogP contribution in [0.15, 0.2) is 30.5 Å². The van der Waals surface area contributed by atoms with Crippen molar-refractivity contribution in [2.75, 3.05) is 39.3 Å². The number of nitrogens with one attached hydrogen (secondary N) is 1. The van der Waals surface area contributed by atoms with Gasteiger partial charge in [-0.25, -0.2) is 4.98 Å². The second-order valence-electron chi connectivity index (χ2n) is 8.25. The lowest BCUT2D eigenvalue weighted by Crippen LogP contribution is -2.40. The van der Waals surface area contributed by atoms with Crippen LogP contribution in [0.4, 0.5) is 0 Å². The van der Waals surface area contributed by atoms with E-state index in [1.807, 2.05) is 11.1 Å². The Morgan fingerprint density at radius 1 is 0.967 bits per heavy atom. The van der Waals surface area contributed by atoms with Gasteiger partial charge in [0.05, 0.1) is 0 Å². The van der Waals surface area contributed by atoms with Crippen molar-refractivity contribution in [3.05, 3.63) is 53.1 Å². The van der Waals surface area contributed by atoms with E-state index < -0.39 is 0 Å². The molecular formula is C22H31Cl2N5O. The molecule has 1 amide bonds. The van der Waals surface area contributed by atoms with Crippen LogP contribution < -0.4 is 5.32 Å². The van der Waals surface area contributed by atoms with Crippen molar-refractivity contribution in [2.24, 2.45) is 0 Å². The molecule has 1 aromatic carbocycles. The van der Waals surface area contributed by atoms with E-state index in [4.69, 9.17) is 0 Å². The molecule has 8 heteroatoms. The summed E-state index contributed by atoms with van der Waals surface area (Å²) in [5, 5.41) is 3.38. The van der Waals surface area contributed by atoms with Crippen molar-refractivity contribution in [2.45, 2.75) is 38.3 Å². The Hall–Kier alpha value is -1.60. The van der Waals surface area contributed by atoms with E-state index in [0.29, 0.717) is 11.7 Å². The summed E-state index contributed by atoms with van der Waals surface area (Å²) in [4.78, 5) is 22.4. The van der Waals surface area contributed by atoms with E-state index in [1.54, 1.807) is 0 Å². The Kier molecular flexibility index (Phi) is 7.80. The van der Waals surface area contributed by atoms with Gasteiger partial charge >= 0.3 is 0 Å². The van der Waals surface area contributed by atoms with Gasteiger partial charge in [0.1, 0.15) is 11.5 Å². The van der Waals surface area contributed by atoms with Gasteiger partial charge in [-0.05, 0) is 30.4 Å². The molecule has 1 fully saturated rings. The number of carbonyl (C=O) groups excluding carboxylic acids is 1. The van der Waals surface area contributed by atoms with E-state index in [9.17, 15) is 4.79 Å². The highest BCUT2D eigenvalue weighted by Crippen LogP contribution is 2.26. The van der Waals surface area contributed by atoms with Gasteiger partial charge in [0.15, 0.2) is 0 Å². The van der Waals surface area contributed by atoms with Crippen molar-refractivity contribution in [1.29, 1.82) is 0 Å². The Bertz CT molecular complexity index is 822. The summed E-state index contributed by atoms with van der Waals surface area (Å²) >= 11 is 0. The van der Waals surface area contributed by atoms with Crippen LogP contribution >= 0.6 is 24.8 Å². The zero-order valence-corrected chi connectivity index (χ0v) is 18.9. The van der Waals surface area contributed by atoms with Crippen molar-refractivity contribution in [3.63, 3.8) is 0 Å². The molecule has 1 aromatic heterocycles. The maximum Gasteiger partial charge on any atom is 0.274 e. The average Bonchev–Trinajstić information content (AvgIpc) is 3.15. The number of benzene rings is 1. The quantitative estimate of drug-likeness (QED) is 0.759. The van der Waals surface area contributed by atoms with Gasteiger partial charge in [-0.3, -0.25) is 9.69 Å².